The van der Waals surface area contributed by atoms with Gasteiger partial charge in [0.25, 0.3) is 5.91 Å². The number of aromatic amines is 1. The largest absolute Gasteiger partial charge is 0.358 e. The topological polar surface area (TPSA) is 56.4 Å². The van der Waals surface area contributed by atoms with Gasteiger partial charge in [-0.25, -0.2) is 0 Å². The number of nitrogens with one attached hydrogen (secondary N) is 1. The predicted molar refractivity (Wildman–Crippen MR) is 106 cm³/mol. The van der Waals surface area contributed by atoms with Gasteiger partial charge in [-0.3, -0.25) is 9.59 Å². The number of amides is 2. The van der Waals surface area contributed by atoms with Crippen molar-refractivity contribution in [2.75, 3.05) is 26.2 Å². The molecule has 4 rings (SSSR count). The minimum Gasteiger partial charge on any atom is -0.358 e. The van der Waals surface area contributed by atoms with E-state index in [2.05, 4.69) is 4.98 Å². The average Bonchev–Trinajstić information content (AvgIpc) is 3.04. The summed E-state index contributed by atoms with van der Waals surface area (Å²) < 4.78 is 0. The molecule has 0 radical (unpaired) electrons. The Kier molecular flexibility index (Phi) is 4.67. The lowest BCUT2D eigenvalue weighted by atomic mass is 10.1. The molecule has 138 valence electrons. The Labute approximate surface area is 158 Å². The highest BCUT2D eigenvalue weighted by Crippen LogP contribution is 2.24. The van der Waals surface area contributed by atoms with Crippen molar-refractivity contribution in [3.05, 3.63) is 71.4 Å². The van der Waals surface area contributed by atoms with E-state index in [0.717, 1.165) is 27.7 Å². The average molecular weight is 361 g/mol. The van der Waals surface area contributed by atoms with Gasteiger partial charge < -0.3 is 14.8 Å². The van der Waals surface area contributed by atoms with Gasteiger partial charge in [-0.1, -0.05) is 48.5 Å². The fourth-order valence-corrected chi connectivity index (χ4v) is 3.75. The SMILES string of the molecule is Cc1[nH]c2ccccc2c1C(=O)N1CCN(C(=O)Cc2ccccc2)CC1. The Morgan fingerprint density at radius 3 is 2.26 bits per heavy atom. The maximum atomic E-state index is 13.1. The molecule has 5 heteroatoms. The van der Waals surface area contributed by atoms with E-state index in [-0.39, 0.29) is 11.8 Å². The molecule has 27 heavy (non-hydrogen) atoms. The summed E-state index contributed by atoms with van der Waals surface area (Å²) in [6.45, 7) is 4.24. The number of aromatic nitrogens is 1. The fraction of sp³-hybridized carbons (Fsp3) is 0.273. The van der Waals surface area contributed by atoms with Gasteiger partial charge in [0.1, 0.15) is 0 Å². The zero-order valence-corrected chi connectivity index (χ0v) is 15.4. The van der Waals surface area contributed by atoms with Gasteiger partial charge in [0.2, 0.25) is 5.91 Å². The maximum Gasteiger partial charge on any atom is 0.256 e. The summed E-state index contributed by atoms with van der Waals surface area (Å²) in [4.78, 5) is 32.6. The number of fused-ring (bicyclic) bond motifs is 1. The number of piperazine rings is 1. The summed E-state index contributed by atoms with van der Waals surface area (Å²) in [5.41, 5.74) is 3.64. The third kappa shape index (κ3) is 3.45. The van der Waals surface area contributed by atoms with E-state index in [0.29, 0.717) is 32.6 Å². The van der Waals surface area contributed by atoms with Crippen LogP contribution in [0, 0.1) is 6.92 Å². The van der Waals surface area contributed by atoms with Crippen LogP contribution in [0.15, 0.2) is 54.6 Å². The van der Waals surface area contributed by atoms with Gasteiger partial charge >= 0.3 is 0 Å². The molecular weight excluding hydrogens is 338 g/mol. The molecular formula is C22H23N3O2. The first kappa shape index (κ1) is 17.3. The minimum atomic E-state index is 0.0418. The Morgan fingerprint density at radius 2 is 1.52 bits per heavy atom. The first-order valence-electron chi connectivity index (χ1n) is 9.32. The predicted octanol–water partition coefficient (Wildman–Crippen LogP) is 3.00. The van der Waals surface area contributed by atoms with Crippen molar-refractivity contribution in [1.29, 1.82) is 0 Å². The van der Waals surface area contributed by atoms with E-state index in [1.165, 1.54) is 0 Å². The van der Waals surface area contributed by atoms with Crippen molar-refractivity contribution in [1.82, 2.24) is 14.8 Å². The maximum absolute atomic E-state index is 13.1. The van der Waals surface area contributed by atoms with E-state index < -0.39 is 0 Å². The summed E-state index contributed by atoms with van der Waals surface area (Å²) in [5.74, 6) is 0.164. The Morgan fingerprint density at radius 1 is 0.889 bits per heavy atom. The van der Waals surface area contributed by atoms with Crippen molar-refractivity contribution in [2.45, 2.75) is 13.3 Å². The quantitative estimate of drug-likeness (QED) is 0.780. The molecule has 0 saturated carbocycles. The number of rotatable bonds is 3. The van der Waals surface area contributed by atoms with Crippen LogP contribution in [-0.2, 0) is 11.2 Å². The molecule has 5 nitrogen and oxygen atoms in total. The van der Waals surface area contributed by atoms with Crippen LogP contribution >= 0.6 is 0 Å². The number of hydrogen-bond donors (Lipinski definition) is 1. The van der Waals surface area contributed by atoms with Crippen molar-refractivity contribution < 1.29 is 9.59 Å². The first-order valence-corrected chi connectivity index (χ1v) is 9.32. The summed E-state index contributed by atoms with van der Waals surface area (Å²) in [6, 6.07) is 17.7. The standard InChI is InChI=1S/C22H23N3O2/c1-16-21(18-9-5-6-10-19(18)23-16)22(27)25-13-11-24(12-14-25)20(26)15-17-7-3-2-4-8-17/h2-10,23H,11-15H2,1H3. The number of carbonyl (C=O) groups excluding carboxylic acids is 2. The number of benzene rings is 2. The van der Waals surface area contributed by atoms with Gasteiger partial charge in [0.05, 0.1) is 12.0 Å². The van der Waals surface area contributed by atoms with Crippen molar-refractivity contribution in [3.63, 3.8) is 0 Å². The highest BCUT2D eigenvalue weighted by Gasteiger charge is 2.27. The van der Waals surface area contributed by atoms with Crippen LogP contribution in [0.4, 0.5) is 0 Å². The summed E-state index contributed by atoms with van der Waals surface area (Å²) >= 11 is 0. The van der Waals surface area contributed by atoms with E-state index >= 15 is 0 Å². The Bertz CT molecular complexity index is 970. The summed E-state index contributed by atoms with van der Waals surface area (Å²) in [7, 11) is 0. The lowest BCUT2D eigenvalue weighted by Gasteiger charge is -2.35. The molecule has 1 N–H and O–H groups in total. The van der Waals surface area contributed by atoms with Crippen LogP contribution in [0.1, 0.15) is 21.6 Å². The van der Waals surface area contributed by atoms with Crippen LogP contribution < -0.4 is 0 Å². The molecule has 2 heterocycles. The normalized spacial score (nSPS) is 14.6. The number of carbonyl (C=O) groups is 2. The highest BCUT2D eigenvalue weighted by molar-refractivity contribution is 6.08. The van der Waals surface area contributed by atoms with E-state index in [4.69, 9.17) is 0 Å². The summed E-state index contributed by atoms with van der Waals surface area (Å²) in [6.07, 6.45) is 0.413. The second-order valence-electron chi connectivity index (χ2n) is 7.01. The van der Waals surface area contributed by atoms with E-state index in [9.17, 15) is 9.59 Å². The van der Waals surface area contributed by atoms with Crippen LogP contribution in [0.5, 0.6) is 0 Å². The second kappa shape index (κ2) is 7.27. The van der Waals surface area contributed by atoms with E-state index in [1.807, 2.05) is 71.3 Å². The van der Waals surface area contributed by atoms with Gasteiger partial charge in [-0.15, -0.1) is 0 Å². The van der Waals surface area contributed by atoms with Crippen LogP contribution in [0.25, 0.3) is 10.9 Å². The Balaban J connectivity index is 1.42. The Hall–Kier alpha value is -3.08. The van der Waals surface area contributed by atoms with Crippen LogP contribution in [0.2, 0.25) is 0 Å². The number of hydrogen-bond acceptors (Lipinski definition) is 2. The molecule has 2 aromatic carbocycles. The van der Waals surface area contributed by atoms with Crippen molar-refractivity contribution in [2.24, 2.45) is 0 Å². The zero-order chi connectivity index (χ0) is 18.8. The number of nitrogens with zero attached hydrogens (tertiary/aromatic N) is 2. The first-order chi connectivity index (χ1) is 13.1. The summed E-state index contributed by atoms with van der Waals surface area (Å²) in [5, 5.41) is 0.961. The van der Waals surface area contributed by atoms with Gasteiger partial charge in [-0.05, 0) is 18.6 Å². The smallest absolute Gasteiger partial charge is 0.256 e. The zero-order valence-electron chi connectivity index (χ0n) is 15.4. The van der Waals surface area contributed by atoms with Gasteiger partial charge in [0, 0.05) is 42.8 Å². The third-order valence-electron chi connectivity index (χ3n) is 5.23. The molecule has 1 aliphatic heterocycles. The van der Waals surface area contributed by atoms with Crippen molar-refractivity contribution >= 4 is 22.7 Å². The van der Waals surface area contributed by atoms with Crippen LogP contribution in [-0.4, -0.2) is 52.8 Å². The molecule has 0 aliphatic carbocycles. The minimum absolute atomic E-state index is 0.0418. The monoisotopic (exact) mass is 361 g/mol. The molecule has 3 aromatic rings. The molecule has 1 aliphatic rings. The molecule has 0 unspecified atom stereocenters. The number of H-pyrrole nitrogens is 1. The lowest BCUT2D eigenvalue weighted by Crippen LogP contribution is -2.51. The van der Waals surface area contributed by atoms with Gasteiger partial charge in [-0.2, -0.15) is 0 Å². The van der Waals surface area contributed by atoms with E-state index in [1.54, 1.807) is 0 Å². The molecule has 2 amide bonds. The second-order valence-corrected chi connectivity index (χ2v) is 7.01. The molecule has 1 aromatic heterocycles. The van der Waals surface area contributed by atoms with Gasteiger partial charge in [0.15, 0.2) is 0 Å². The third-order valence-corrected chi connectivity index (χ3v) is 5.23. The lowest BCUT2D eigenvalue weighted by molar-refractivity contribution is -0.131. The molecule has 1 fully saturated rings. The molecule has 0 spiro atoms. The number of aryl methyl sites for hydroxylation is 1. The van der Waals surface area contributed by atoms with Crippen LogP contribution in [0.3, 0.4) is 0 Å². The fourth-order valence-electron chi connectivity index (χ4n) is 3.75. The highest BCUT2D eigenvalue weighted by atomic mass is 16.2. The molecule has 1 saturated heterocycles. The molecule has 0 atom stereocenters. The van der Waals surface area contributed by atoms with Crippen molar-refractivity contribution in [3.8, 4) is 0 Å². The number of para-hydroxylation sites is 1. The molecule has 0 bridgehead atoms.